The molecule has 1 saturated heterocycles. The van der Waals surface area contributed by atoms with Crippen LogP contribution in [0, 0.1) is 6.57 Å². The first-order valence-electron chi connectivity index (χ1n) is 7.62. The molecule has 0 unspecified atom stereocenters. The number of rotatable bonds is 1. The molecule has 0 radical (unpaired) electrons. The van der Waals surface area contributed by atoms with Gasteiger partial charge in [0.25, 0.3) is 0 Å². The van der Waals surface area contributed by atoms with Crippen molar-refractivity contribution in [2.24, 2.45) is 0 Å². The van der Waals surface area contributed by atoms with Gasteiger partial charge in [0.2, 0.25) is 0 Å². The van der Waals surface area contributed by atoms with Crippen molar-refractivity contribution in [3.05, 3.63) is 23.2 Å². The lowest BCUT2D eigenvalue weighted by Crippen LogP contribution is -2.56. The second kappa shape index (κ2) is 6.07. The quantitative estimate of drug-likeness (QED) is 0.697. The lowest BCUT2D eigenvalue weighted by molar-refractivity contribution is 0.00164. The maximum Gasteiger partial charge on any atom is 0.410 e. The number of piperazine rings is 1. The van der Waals surface area contributed by atoms with E-state index in [1.165, 1.54) is 0 Å². The van der Waals surface area contributed by atoms with Crippen molar-refractivity contribution >= 4 is 6.09 Å². The summed E-state index contributed by atoms with van der Waals surface area (Å²) in [5.74, 6) is 0. The van der Waals surface area contributed by atoms with Gasteiger partial charge < -0.3 is 9.64 Å². The Bertz CT molecular complexity index is 473. The van der Waals surface area contributed by atoms with E-state index in [1.807, 2.05) is 20.8 Å². The van der Waals surface area contributed by atoms with Crippen LogP contribution in [0.2, 0.25) is 0 Å². The highest BCUT2D eigenvalue weighted by Crippen LogP contribution is 2.27. The molecule has 116 valence electrons. The zero-order valence-electron chi connectivity index (χ0n) is 13.4. The highest BCUT2D eigenvalue weighted by Gasteiger charge is 2.33. The Labute approximate surface area is 127 Å². The number of allylic oxidation sites excluding steroid dienone is 1. The van der Waals surface area contributed by atoms with Crippen LogP contribution in [-0.4, -0.2) is 53.2 Å². The predicted molar refractivity (Wildman–Crippen MR) is 81.7 cm³/mol. The zero-order valence-corrected chi connectivity index (χ0v) is 13.4. The molecule has 21 heavy (non-hydrogen) atoms. The van der Waals surface area contributed by atoms with Crippen molar-refractivity contribution in [1.82, 2.24) is 9.80 Å². The Morgan fingerprint density at radius 3 is 2.67 bits per heavy atom. The van der Waals surface area contributed by atoms with Crippen LogP contribution in [0.4, 0.5) is 4.79 Å². The maximum atomic E-state index is 12.1. The predicted octanol–water partition coefficient (Wildman–Crippen LogP) is 2.89. The summed E-state index contributed by atoms with van der Waals surface area (Å²) < 4.78 is 5.44. The molecule has 0 saturated carbocycles. The van der Waals surface area contributed by atoms with E-state index in [9.17, 15) is 4.79 Å². The van der Waals surface area contributed by atoms with Gasteiger partial charge in [0.1, 0.15) is 5.60 Å². The topological polar surface area (TPSA) is 37.1 Å². The van der Waals surface area contributed by atoms with Gasteiger partial charge in [-0.1, -0.05) is 6.08 Å². The molecule has 1 amide bonds. The Balaban J connectivity index is 1.92. The fraction of sp³-hybridized carbons (Fsp3) is 0.750. The van der Waals surface area contributed by atoms with E-state index >= 15 is 0 Å². The van der Waals surface area contributed by atoms with Crippen molar-refractivity contribution < 1.29 is 9.53 Å². The molecule has 0 bridgehead atoms. The first kappa shape index (κ1) is 15.8. The van der Waals surface area contributed by atoms with Gasteiger partial charge in [-0.2, -0.15) is 0 Å². The van der Waals surface area contributed by atoms with E-state index in [2.05, 4.69) is 22.7 Å². The SMILES string of the molecule is [C-]#[N+]C1=C[C@H](N2CCN(C(=O)OC(C)(C)C)C[C@H]2C)CC1. The summed E-state index contributed by atoms with van der Waals surface area (Å²) >= 11 is 0. The third-order valence-corrected chi connectivity index (χ3v) is 3.98. The van der Waals surface area contributed by atoms with Gasteiger partial charge in [-0.25, -0.2) is 9.64 Å². The molecule has 2 aliphatic rings. The van der Waals surface area contributed by atoms with E-state index < -0.39 is 5.60 Å². The van der Waals surface area contributed by atoms with Crippen molar-refractivity contribution in [3.63, 3.8) is 0 Å². The van der Waals surface area contributed by atoms with Crippen LogP contribution >= 0.6 is 0 Å². The Morgan fingerprint density at radius 1 is 1.43 bits per heavy atom. The van der Waals surface area contributed by atoms with Crippen LogP contribution in [0.5, 0.6) is 0 Å². The van der Waals surface area contributed by atoms with Crippen molar-refractivity contribution in [1.29, 1.82) is 0 Å². The van der Waals surface area contributed by atoms with E-state index in [4.69, 9.17) is 11.3 Å². The minimum atomic E-state index is -0.448. The van der Waals surface area contributed by atoms with Crippen molar-refractivity contribution in [2.45, 2.75) is 58.2 Å². The molecular formula is C16H25N3O2. The number of amides is 1. The highest BCUT2D eigenvalue weighted by atomic mass is 16.6. The van der Waals surface area contributed by atoms with Crippen LogP contribution in [0.15, 0.2) is 11.8 Å². The summed E-state index contributed by atoms with van der Waals surface area (Å²) in [6, 6.07) is 0.641. The minimum Gasteiger partial charge on any atom is -0.444 e. The molecule has 1 fully saturated rings. The number of ether oxygens (including phenoxy) is 1. The third-order valence-electron chi connectivity index (χ3n) is 3.98. The lowest BCUT2D eigenvalue weighted by Gasteiger charge is -2.42. The normalized spacial score (nSPS) is 27.2. The summed E-state index contributed by atoms with van der Waals surface area (Å²) in [5.41, 5.74) is 0.428. The molecule has 2 rings (SSSR count). The smallest absolute Gasteiger partial charge is 0.410 e. The van der Waals surface area contributed by atoms with Crippen molar-refractivity contribution in [2.75, 3.05) is 19.6 Å². The molecule has 0 spiro atoms. The average molecular weight is 291 g/mol. The maximum absolute atomic E-state index is 12.1. The Kier molecular flexibility index (Phi) is 4.58. The van der Waals surface area contributed by atoms with Gasteiger partial charge in [0.15, 0.2) is 5.70 Å². The molecule has 0 aromatic heterocycles. The number of nitrogens with zero attached hydrogens (tertiary/aromatic N) is 3. The van der Waals surface area contributed by atoms with Crippen LogP contribution < -0.4 is 0 Å². The molecule has 0 aromatic carbocycles. The average Bonchev–Trinajstić information content (AvgIpc) is 2.85. The first-order chi connectivity index (χ1) is 9.80. The standard InChI is InChI=1S/C16H25N3O2/c1-12-11-18(15(20)21-16(2,3)4)8-9-19(12)14-7-6-13(10-14)17-5/h10,12,14H,6-9,11H2,1-4H3/t12-,14-/m1/s1. The summed E-state index contributed by atoms with van der Waals surface area (Å²) in [6.07, 6.45) is 3.77. The first-order valence-corrected chi connectivity index (χ1v) is 7.62. The monoisotopic (exact) mass is 291 g/mol. The lowest BCUT2D eigenvalue weighted by atomic mass is 10.1. The molecular weight excluding hydrogens is 266 g/mol. The van der Waals surface area contributed by atoms with Crippen molar-refractivity contribution in [3.8, 4) is 0 Å². The number of carbonyl (C=O) groups is 1. The third kappa shape index (κ3) is 3.98. The largest absolute Gasteiger partial charge is 0.444 e. The molecule has 2 atom stereocenters. The van der Waals surface area contributed by atoms with E-state index in [0.29, 0.717) is 19.1 Å². The summed E-state index contributed by atoms with van der Waals surface area (Å²) in [4.78, 5) is 19.9. The highest BCUT2D eigenvalue weighted by molar-refractivity contribution is 5.68. The fourth-order valence-corrected chi connectivity index (χ4v) is 3.00. The van der Waals surface area contributed by atoms with Gasteiger partial charge in [0.05, 0.1) is 6.57 Å². The molecule has 1 aliphatic heterocycles. The van der Waals surface area contributed by atoms with E-state index in [0.717, 1.165) is 25.1 Å². The number of carbonyl (C=O) groups excluding carboxylic acids is 1. The molecule has 0 aromatic rings. The van der Waals surface area contributed by atoms with Gasteiger partial charge >= 0.3 is 6.09 Å². The molecule has 0 N–H and O–H groups in total. The number of hydrogen-bond donors (Lipinski definition) is 0. The van der Waals surface area contributed by atoms with Gasteiger partial charge in [0, 0.05) is 31.7 Å². The van der Waals surface area contributed by atoms with E-state index in [1.54, 1.807) is 4.90 Å². The van der Waals surface area contributed by atoms with Crippen LogP contribution in [0.3, 0.4) is 0 Å². The summed E-state index contributed by atoms with van der Waals surface area (Å²) in [6.45, 7) is 17.1. The molecule has 1 heterocycles. The fourth-order valence-electron chi connectivity index (χ4n) is 3.00. The second-order valence-corrected chi connectivity index (χ2v) is 6.89. The van der Waals surface area contributed by atoms with Crippen LogP contribution in [0.1, 0.15) is 40.5 Å². The van der Waals surface area contributed by atoms with E-state index in [-0.39, 0.29) is 12.1 Å². The minimum absolute atomic E-state index is 0.224. The van der Waals surface area contributed by atoms with Crippen LogP contribution in [-0.2, 0) is 4.74 Å². The zero-order chi connectivity index (χ0) is 15.6. The Morgan fingerprint density at radius 2 is 2.14 bits per heavy atom. The van der Waals surface area contributed by atoms with Gasteiger partial charge in [-0.15, -0.1) is 0 Å². The Hall–Kier alpha value is -1.54. The number of hydrogen-bond acceptors (Lipinski definition) is 3. The van der Waals surface area contributed by atoms with Gasteiger partial charge in [-0.3, -0.25) is 4.90 Å². The summed E-state index contributed by atoms with van der Waals surface area (Å²) in [7, 11) is 0. The van der Waals surface area contributed by atoms with Gasteiger partial charge in [-0.05, 0) is 40.5 Å². The molecule has 1 aliphatic carbocycles. The second-order valence-electron chi connectivity index (χ2n) is 6.89. The molecule has 5 nitrogen and oxygen atoms in total. The van der Waals surface area contributed by atoms with Crippen LogP contribution in [0.25, 0.3) is 4.85 Å². The summed E-state index contributed by atoms with van der Waals surface area (Å²) in [5, 5.41) is 0. The molecule has 5 heteroatoms.